The molecule has 3 heteroatoms. The average Bonchev–Trinajstić information content (AvgIpc) is 2.55. The Kier molecular flexibility index (Phi) is 3.30. The highest BCUT2D eigenvalue weighted by atomic mass is 19.1. The molecule has 2 nitrogen and oxygen atoms in total. The molecule has 4 bridgehead atoms. The van der Waals surface area contributed by atoms with Crippen molar-refractivity contribution in [2.24, 2.45) is 16.2 Å². The molecule has 6 aliphatic carbocycles. The molecule has 0 radical (unpaired) electrons. The van der Waals surface area contributed by atoms with E-state index in [4.69, 9.17) is 9.47 Å². The Bertz CT molecular complexity index is 463. The van der Waals surface area contributed by atoms with E-state index in [1.807, 2.05) is 6.08 Å². The van der Waals surface area contributed by atoms with Crippen LogP contribution in [0.3, 0.4) is 0 Å². The zero-order chi connectivity index (χ0) is 15.5. The van der Waals surface area contributed by atoms with Crippen molar-refractivity contribution in [3.8, 4) is 0 Å². The van der Waals surface area contributed by atoms with E-state index in [-0.39, 0.29) is 23.4 Å². The topological polar surface area (TPSA) is 18.5 Å². The fourth-order valence-corrected chi connectivity index (χ4v) is 6.09. The summed E-state index contributed by atoms with van der Waals surface area (Å²) in [5, 5.41) is 0. The van der Waals surface area contributed by atoms with E-state index < -0.39 is 5.60 Å². The molecule has 0 aromatic carbocycles. The molecule has 0 aliphatic heterocycles. The maximum Gasteiger partial charge on any atom is 0.147 e. The largest absolute Gasteiger partial charge is 0.359 e. The van der Waals surface area contributed by atoms with E-state index >= 15 is 4.39 Å². The highest BCUT2D eigenvalue weighted by Crippen LogP contribution is 2.71. The molecule has 6 rings (SSSR count). The minimum absolute atomic E-state index is 0.145. The van der Waals surface area contributed by atoms with Gasteiger partial charge in [-0.3, -0.25) is 0 Å². The highest BCUT2D eigenvalue weighted by molar-refractivity contribution is 5.29. The molecule has 0 aromatic rings. The lowest BCUT2D eigenvalue weighted by molar-refractivity contribution is -0.174. The Morgan fingerprint density at radius 3 is 2.05 bits per heavy atom. The van der Waals surface area contributed by atoms with Gasteiger partial charge in [0.25, 0.3) is 0 Å². The first-order valence-electron chi connectivity index (χ1n) is 8.99. The summed E-state index contributed by atoms with van der Waals surface area (Å²) in [5.41, 5.74) is 0.218. The van der Waals surface area contributed by atoms with E-state index in [1.54, 1.807) is 7.11 Å². The maximum atomic E-state index is 15.3. The molecule has 0 saturated heterocycles. The number of fused-ring (bicyclic) bond motifs is 5. The van der Waals surface area contributed by atoms with Crippen molar-refractivity contribution in [2.75, 3.05) is 13.9 Å². The highest BCUT2D eigenvalue weighted by Gasteiger charge is 2.63. The molecule has 0 spiro atoms. The molecule has 0 amide bonds. The van der Waals surface area contributed by atoms with Crippen molar-refractivity contribution < 1.29 is 13.9 Å². The van der Waals surface area contributed by atoms with Crippen LogP contribution in [0.1, 0.15) is 71.1 Å². The van der Waals surface area contributed by atoms with Gasteiger partial charge in [-0.1, -0.05) is 6.92 Å². The van der Waals surface area contributed by atoms with Crippen molar-refractivity contribution in [3.05, 3.63) is 11.9 Å². The third-order valence-corrected chi connectivity index (χ3v) is 7.90. The van der Waals surface area contributed by atoms with Gasteiger partial charge in [0.15, 0.2) is 0 Å². The van der Waals surface area contributed by atoms with E-state index in [0.29, 0.717) is 5.41 Å². The van der Waals surface area contributed by atoms with E-state index in [1.165, 1.54) is 38.5 Å². The normalized spacial score (nSPS) is 50.2. The minimum atomic E-state index is -0.393. The number of allylic oxidation sites excluding steroid dienone is 1. The zero-order valence-corrected chi connectivity index (χ0v) is 14.0. The standard InChI is InChI=1S/C19H29FO2/c1-16-3-6-17(7-4-16,8-5-16)19-11-9-18(10-12-19,13-15(19)20)22-14-21-2/h13H,3-12,14H2,1-2H3. The van der Waals surface area contributed by atoms with Gasteiger partial charge in [-0.05, 0) is 81.1 Å². The molecule has 0 aromatic heterocycles. The van der Waals surface area contributed by atoms with Gasteiger partial charge < -0.3 is 9.47 Å². The van der Waals surface area contributed by atoms with Gasteiger partial charge >= 0.3 is 0 Å². The van der Waals surface area contributed by atoms with Crippen LogP contribution in [-0.2, 0) is 9.47 Å². The summed E-state index contributed by atoms with van der Waals surface area (Å²) in [7, 11) is 1.63. The van der Waals surface area contributed by atoms with Crippen LogP contribution in [0.2, 0.25) is 0 Å². The SMILES string of the molecule is COCOC12C=C(F)C(C34CCC(C)(CC3)CC4)(CC1)CC2. The minimum Gasteiger partial charge on any atom is -0.359 e. The molecule has 4 fully saturated rings. The third kappa shape index (κ3) is 1.91. The number of halogens is 1. The summed E-state index contributed by atoms with van der Waals surface area (Å²) in [4.78, 5) is 0. The monoisotopic (exact) mass is 308 g/mol. The molecular formula is C19H29FO2. The molecule has 22 heavy (non-hydrogen) atoms. The Morgan fingerprint density at radius 2 is 1.55 bits per heavy atom. The molecule has 0 N–H and O–H groups in total. The van der Waals surface area contributed by atoms with Gasteiger partial charge in [0.05, 0.1) is 5.60 Å². The summed E-state index contributed by atoms with van der Waals surface area (Å²) in [6.45, 7) is 2.70. The molecule has 4 saturated carbocycles. The van der Waals surface area contributed by atoms with E-state index in [0.717, 1.165) is 25.7 Å². The summed E-state index contributed by atoms with van der Waals surface area (Å²) < 4.78 is 26.2. The predicted octanol–water partition coefficient (Wildman–Crippen LogP) is 5.13. The zero-order valence-electron chi connectivity index (χ0n) is 14.0. The van der Waals surface area contributed by atoms with Crippen molar-refractivity contribution in [1.82, 2.24) is 0 Å². The van der Waals surface area contributed by atoms with Crippen molar-refractivity contribution in [2.45, 2.75) is 76.7 Å². The van der Waals surface area contributed by atoms with Gasteiger partial charge in [0.2, 0.25) is 0 Å². The third-order valence-electron chi connectivity index (χ3n) is 7.90. The predicted molar refractivity (Wildman–Crippen MR) is 84.0 cm³/mol. The van der Waals surface area contributed by atoms with Gasteiger partial charge in [-0.25, -0.2) is 4.39 Å². The van der Waals surface area contributed by atoms with Crippen LogP contribution in [-0.4, -0.2) is 19.5 Å². The van der Waals surface area contributed by atoms with Gasteiger partial charge in [0.1, 0.15) is 12.6 Å². The number of rotatable bonds is 4. The Labute approximate surface area is 133 Å². The fourth-order valence-electron chi connectivity index (χ4n) is 6.09. The number of hydrogen-bond acceptors (Lipinski definition) is 2. The first-order valence-corrected chi connectivity index (χ1v) is 8.99. The quantitative estimate of drug-likeness (QED) is 0.670. The number of hydrogen-bond donors (Lipinski definition) is 0. The number of methoxy groups -OCH3 is 1. The molecular weight excluding hydrogens is 279 g/mol. The van der Waals surface area contributed by atoms with E-state index in [2.05, 4.69) is 6.92 Å². The van der Waals surface area contributed by atoms with Crippen molar-refractivity contribution in [3.63, 3.8) is 0 Å². The first kappa shape index (κ1) is 15.1. The summed E-state index contributed by atoms with van der Waals surface area (Å²) in [6, 6.07) is 0. The lowest BCUT2D eigenvalue weighted by Crippen LogP contribution is -2.57. The smallest absolute Gasteiger partial charge is 0.147 e. The van der Waals surface area contributed by atoms with Gasteiger partial charge in [-0.15, -0.1) is 0 Å². The van der Waals surface area contributed by atoms with Gasteiger partial charge in [-0.2, -0.15) is 0 Å². The van der Waals surface area contributed by atoms with Crippen LogP contribution in [0.4, 0.5) is 4.39 Å². The van der Waals surface area contributed by atoms with Crippen LogP contribution >= 0.6 is 0 Å². The van der Waals surface area contributed by atoms with Gasteiger partial charge in [0, 0.05) is 12.5 Å². The first-order chi connectivity index (χ1) is 10.5. The van der Waals surface area contributed by atoms with Crippen LogP contribution in [0.25, 0.3) is 0 Å². The van der Waals surface area contributed by atoms with Crippen LogP contribution in [0.15, 0.2) is 11.9 Å². The fraction of sp³-hybridized carbons (Fsp3) is 0.895. The number of ether oxygens (including phenoxy) is 2. The molecule has 6 aliphatic rings. The van der Waals surface area contributed by atoms with Crippen molar-refractivity contribution in [1.29, 1.82) is 0 Å². The summed E-state index contributed by atoms with van der Waals surface area (Å²) >= 11 is 0. The lowest BCUT2D eigenvalue weighted by Gasteiger charge is -2.64. The Balaban J connectivity index is 1.64. The summed E-state index contributed by atoms with van der Waals surface area (Å²) in [6.07, 6.45) is 13.3. The molecule has 0 atom stereocenters. The summed E-state index contributed by atoms with van der Waals surface area (Å²) in [5.74, 6) is 0.145. The van der Waals surface area contributed by atoms with Crippen LogP contribution in [0.5, 0.6) is 0 Å². The lowest BCUT2D eigenvalue weighted by atomic mass is 9.41. The average molecular weight is 308 g/mol. The Hall–Kier alpha value is -0.410. The van der Waals surface area contributed by atoms with Crippen LogP contribution < -0.4 is 0 Å². The maximum absolute atomic E-state index is 15.3. The van der Waals surface area contributed by atoms with Crippen LogP contribution in [0, 0.1) is 16.2 Å². The van der Waals surface area contributed by atoms with Crippen molar-refractivity contribution >= 4 is 0 Å². The second-order valence-electron chi connectivity index (χ2n) is 8.78. The van der Waals surface area contributed by atoms with E-state index in [9.17, 15) is 0 Å². The molecule has 0 unspecified atom stereocenters. The molecule has 124 valence electrons. The second-order valence-corrected chi connectivity index (χ2v) is 8.78. The Morgan fingerprint density at radius 1 is 0.955 bits per heavy atom. The second kappa shape index (κ2) is 4.80. The molecule has 0 heterocycles.